The van der Waals surface area contributed by atoms with E-state index in [-0.39, 0.29) is 23.6 Å². The van der Waals surface area contributed by atoms with Crippen LogP contribution in [0.4, 0.5) is 0 Å². The van der Waals surface area contributed by atoms with Gasteiger partial charge in [0.15, 0.2) is 5.16 Å². The third-order valence-corrected chi connectivity index (χ3v) is 6.24. The Morgan fingerprint density at radius 1 is 1.06 bits per heavy atom. The summed E-state index contributed by atoms with van der Waals surface area (Å²) in [7, 11) is 0. The number of nitrogens with zero attached hydrogens (tertiary/aromatic N) is 1. The first-order chi connectivity index (χ1) is 16.1. The molecule has 2 heterocycles. The normalized spacial score (nSPS) is 12.1. The van der Waals surface area contributed by atoms with Crippen molar-refractivity contribution in [3.05, 3.63) is 90.2 Å². The summed E-state index contributed by atoms with van der Waals surface area (Å²) in [6.07, 6.45) is 5.87. The summed E-state index contributed by atoms with van der Waals surface area (Å²) in [6.45, 7) is 2.14. The van der Waals surface area contributed by atoms with Crippen LogP contribution in [0.5, 0.6) is 0 Å². The molecule has 169 valence electrons. The summed E-state index contributed by atoms with van der Waals surface area (Å²) in [4.78, 5) is 35.7. The van der Waals surface area contributed by atoms with Crippen LogP contribution in [0, 0.1) is 5.92 Å². The molecule has 0 fully saturated rings. The lowest BCUT2D eigenvalue weighted by molar-refractivity contribution is -0.121. The molecule has 4 N–H and O–H groups in total. The van der Waals surface area contributed by atoms with Crippen LogP contribution in [-0.4, -0.2) is 39.1 Å². The Morgan fingerprint density at radius 2 is 1.85 bits per heavy atom. The lowest BCUT2D eigenvalue weighted by atomic mass is 9.99. The summed E-state index contributed by atoms with van der Waals surface area (Å²) in [5.41, 5.74) is 3.07. The number of benzene rings is 2. The van der Waals surface area contributed by atoms with Crippen molar-refractivity contribution < 1.29 is 9.59 Å². The SMILES string of the molecule is C[C](Cc1c[nH]c2ccccc12)C(=O)NCC(NC(=O)CSc1ncc[nH]1)c1ccccc1. The first-order valence-electron chi connectivity index (χ1n) is 10.7. The van der Waals surface area contributed by atoms with E-state index in [2.05, 4.69) is 25.6 Å². The third kappa shape index (κ3) is 6.04. The monoisotopic (exact) mass is 460 g/mol. The van der Waals surface area contributed by atoms with Gasteiger partial charge in [0.1, 0.15) is 0 Å². The standard InChI is InChI=1S/C25H26N5O2S/c1-17(13-19-14-28-21-10-6-5-9-20(19)21)24(32)29-15-22(18-7-3-2-4-8-18)30-23(31)16-33-25-26-11-12-27-25/h2-12,14,22,28H,13,15-16H2,1H3,(H,26,27)(H,29,32)(H,30,31). The summed E-state index contributed by atoms with van der Waals surface area (Å²) in [6, 6.07) is 17.4. The number of amides is 2. The van der Waals surface area contributed by atoms with Gasteiger partial charge in [-0.1, -0.05) is 60.3 Å². The summed E-state index contributed by atoms with van der Waals surface area (Å²) in [5, 5.41) is 7.83. The number of aromatic nitrogens is 3. The van der Waals surface area contributed by atoms with Crippen molar-refractivity contribution in [2.45, 2.75) is 24.5 Å². The van der Waals surface area contributed by atoms with E-state index in [1.807, 2.05) is 67.7 Å². The molecule has 0 saturated carbocycles. The number of carbonyl (C=O) groups excluding carboxylic acids is 2. The highest BCUT2D eigenvalue weighted by Gasteiger charge is 2.20. The predicted molar refractivity (Wildman–Crippen MR) is 131 cm³/mol. The summed E-state index contributed by atoms with van der Waals surface area (Å²) >= 11 is 1.33. The molecule has 1 unspecified atom stereocenters. The Morgan fingerprint density at radius 3 is 2.64 bits per heavy atom. The van der Waals surface area contributed by atoms with E-state index in [1.165, 1.54) is 11.8 Å². The van der Waals surface area contributed by atoms with Crippen LogP contribution in [0.15, 0.2) is 78.3 Å². The van der Waals surface area contributed by atoms with Gasteiger partial charge in [-0.2, -0.15) is 0 Å². The second kappa shape index (κ2) is 10.9. The molecule has 0 spiro atoms. The van der Waals surface area contributed by atoms with Crippen LogP contribution in [-0.2, 0) is 16.0 Å². The van der Waals surface area contributed by atoms with Gasteiger partial charge in [-0.3, -0.25) is 9.59 Å². The fourth-order valence-corrected chi connectivity index (χ4v) is 4.26. The first kappa shape index (κ1) is 22.7. The van der Waals surface area contributed by atoms with Gasteiger partial charge in [-0.15, -0.1) is 0 Å². The second-order valence-electron chi connectivity index (χ2n) is 7.74. The molecule has 0 aliphatic rings. The third-order valence-electron chi connectivity index (χ3n) is 5.34. The van der Waals surface area contributed by atoms with Crippen molar-refractivity contribution in [2.75, 3.05) is 12.3 Å². The molecule has 1 atom stereocenters. The molecular formula is C25H26N5O2S. The number of hydrogen-bond acceptors (Lipinski definition) is 4. The Balaban J connectivity index is 1.35. The largest absolute Gasteiger partial charge is 0.361 e. The van der Waals surface area contributed by atoms with Gasteiger partial charge in [-0.05, 0) is 30.5 Å². The van der Waals surface area contributed by atoms with Gasteiger partial charge < -0.3 is 20.6 Å². The Labute approximate surface area is 196 Å². The number of fused-ring (bicyclic) bond motifs is 1. The molecule has 0 aliphatic heterocycles. The smallest absolute Gasteiger partial charge is 0.231 e. The molecule has 4 aromatic rings. The Kier molecular flexibility index (Phi) is 7.47. The van der Waals surface area contributed by atoms with Gasteiger partial charge in [0.25, 0.3) is 0 Å². The van der Waals surface area contributed by atoms with Crippen LogP contribution in [0.2, 0.25) is 0 Å². The topological polar surface area (TPSA) is 103 Å². The van der Waals surface area contributed by atoms with Crippen molar-refractivity contribution in [1.29, 1.82) is 0 Å². The van der Waals surface area contributed by atoms with Crippen molar-refractivity contribution in [3.63, 3.8) is 0 Å². The van der Waals surface area contributed by atoms with E-state index in [0.717, 1.165) is 22.0 Å². The van der Waals surface area contributed by atoms with E-state index in [0.29, 0.717) is 24.0 Å². The van der Waals surface area contributed by atoms with E-state index in [9.17, 15) is 9.59 Å². The summed E-state index contributed by atoms with van der Waals surface area (Å²) < 4.78 is 0. The van der Waals surface area contributed by atoms with Gasteiger partial charge in [0.05, 0.1) is 17.7 Å². The molecule has 2 aromatic carbocycles. The van der Waals surface area contributed by atoms with E-state index in [1.54, 1.807) is 12.4 Å². The number of para-hydroxylation sites is 1. The van der Waals surface area contributed by atoms with Gasteiger partial charge >= 0.3 is 0 Å². The number of imidazole rings is 1. The lowest BCUT2D eigenvalue weighted by Crippen LogP contribution is -2.40. The van der Waals surface area contributed by atoms with Gasteiger partial charge in [-0.25, -0.2) is 4.98 Å². The van der Waals surface area contributed by atoms with Crippen LogP contribution in [0.1, 0.15) is 24.1 Å². The summed E-state index contributed by atoms with van der Waals surface area (Å²) in [5.74, 6) is 0.696. The highest BCUT2D eigenvalue weighted by molar-refractivity contribution is 7.99. The van der Waals surface area contributed by atoms with Crippen molar-refractivity contribution in [2.24, 2.45) is 0 Å². The highest BCUT2D eigenvalue weighted by Crippen LogP contribution is 2.22. The molecule has 7 nitrogen and oxygen atoms in total. The van der Waals surface area contributed by atoms with Crippen molar-refractivity contribution in [3.8, 4) is 0 Å². The fourth-order valence-electron chi connectivity index (χ4n) is 3.63. The quantitative estimate of drug-likeness (QED) is 0.270. The zero-order valence-corrected chi connectivity index (χ0v) is 19.1. The highest BCUT2D eigenvalue weighted by atomic mass is 32.2. The van der Waals surface area contributed by atoms with E-state index < -0.39 is 0 Å². The minimum Gasteiger partial charge on any atom is -0.361 e. The minimum atomic E-state index is -0.333. The maximum Gasteiger partial charge on any atom is 0.231 e. The maximum atomic E-state index is 12.8. The molecule has 4 rings (SSSR count). The average Bonchev–Trinajstić information content (AvgIpc) is 3.51. The van der Waals surface area contributed by atoms with Gasteiger partial charge in [0, 0.05) is 36.0 Å². The van der Waals surface area contributed by atoms with Crippen LogP contribution < -0.4 is 10.6 Å². The molecule has 8 heteroatoms. The molecule has 2 aromatic heterocycles. The number of aromatic amines is 2. The second-order valence-corrected chi connectivity index (χ2v) is 8.70. The predicted octanol–water partition coefficient (Wildman–Crippen LogP) is 3.79. The van der Waals surface area contributed by atoms with Crippen LogP contribution >= 0.6 is 11.8 Å². The zero-order chi connectivity index (χ0) is 23.0. The van der Waals surface area contributed by atoms with E-state index in [4.69, 9.17) is 0 Å². The Hall–Kier alpha value is -3.52. The van der Waals surface area contributed by atoms with Crippen LogP contribution in [0.3, 0.4) is 0 Å². The number of rotatable bonds is 10. The average molecular weight is 461 g/mol. The molecule has 33 heavy (non-hydrogen) atoms. The molecule has 1 radical (unpaired) electrons. The number of hydrogen-bond donors (Lipinski definition) is 4. The number of nitrogens with one attached hydrogen (secondary N) is 4. The van der Waals surface area contributed by atoms with E-state index >= 15 is 0 Å². The molecule has 0 saturated heterocycles. The fraction of sp³-hybridized carbons (Fsp3) is 0.200. The van der Waals surface area contributed by atoms with Crippen LogP contribution in [0.25, 0.3) is 10.9 Å². The number of H-pyrrole nitrogens is 2. The maximum absolute atomic E-state index is 12.8. The molecule has 0 aliphatic carbocycles. The van der Waals surface area contributed by atoms with Gasteiger partial charge in [0.2, 0.25) is 11.8 Å². The lowest BCUT2D eigenvalue weighted by Gasteiger charge is -2.21. The van der Waals surface area contributed by atoms with Crippen molar-refractivity contribution >= 4 is 34.5 Å². The molecular weight excluding hydrogens is 434 g/mol. The minimum absolute atomic E-state index is 0.125. The number of carbonyl (C=O) groups is 2. The molecule has 0 bridgehead atoms. The zero-order valence-electron chi connectivity index (χ0n) is 18.3. The number of thioether (sulfide) groups is 1. The molecule has 2 amide bonds. The Bertz CT molecular complexity index is 1190. The van der Waals surface area contributed by atoms with Crippen molar-refractivity contribution in [1.82, 2.24) is 25.6 Å². The first-order valence-corrected chi connectivity index (χ1v) is 11.7.